The van der Waals surface area contributed by atoms with Gasteiger partial charge in [-0.1, -0.05) is 59.8 Å². The summed E-state index contributed by atoms with van der Waals surface area (Å²) in [5.74, 6) is 1.53. The van der Waals surface area contributed by atoms with Gasteiger partial charge in [0, 0.05) is 11.1 Å². The monoisotopic (exact) mass is 383 g/mol. The van der Waals surface area contributed by atoms with E-state index in [0.717, 1.165) is 40.3 Å². The Labute approximate surface area is 169 Å². The van der Waals surface area contributed by atoms with E-state index < -0.39 is 0 Å². The Balaban J connectivity index is 1.71. The quantitative estimate of drug-likeness (QED) is 0.455. The van der Waals surface area contributed by atoms with Crippen molar-refractivity contribution in [2.45, 2.75) is 12.5 Å². The summed E-state index contributed by atoms with van der Waals surface area (Å²) in [6, 6.07) is 26.4. The van der Waals surface area contributed by atoms with Crippen LogP contribution in [0.1, 0.15) is 22.8 Å². The van der Waals surface area contributed by atoms with Crippen LogP contribution < -0.4 is 4.74 Å². The fraction of sp³-hybridized carbons (Fsp3) is 0.160. The number of ether oxygens (including phenoxy) is 2. The molecule has 3 aromatic carbocycles. The summed E-state index contributed by atoms with van der Waals surface area (Å²) < 4.78 is 17.5. The Hall–Kier alpha value is -3.37. The summed E-state index contributed by atoms with van der Waals surface area (Å²) >= 11 is 0. The van der Waals surface area contributed by atoms with E-state index in [2.05, 4.69) is 29.4 Å². The Bertz CT molecular complexity index is 1120. The second kappa shape index (κ2) is 7.57. The molecule has 0 bridgehead atoms. The maximum absolute atomic E-state index is 6.29. The van der Waals surface area contributed by atoms with Crippen molar-refractivity contribution in [2.24, 2.45) is 0 Å². The van der Waals surface area contributed by atoms with E-state index >= 15 is 0 Å². The average Bonchev–Trinajstić information content (AvgIpc) is 3.24. The van der Waals surface area contributed by atoms with Crippen LogP contribution in [0, 0.1) is 0 Å². The van der Waals surface area contributed by atoms with Gasteiger partial charge in [-0.15, -0.1) is 0 Å². The third-order valence-corrected chi connectivity index (χ3v) is 5.38. The topological polar surface area (TPSA) is 44.5 Å². The molecule has 0 saturated heterocycles. The van der Waals surface area contributed by atoms with Crippen LogP contribution in [0.5, 0.6) is 5.75 Å². The first-order valence-electron chi connectivity index (χ1n) is 9.74. The van der Waals surface area contributed by atoms with Gasteiger partial charge in [0.05, 0.1) is 19.3 Å². The smallest absolute Gasteiger partial charge is 0.173 e. The molecule has 0 fully saturated rings. The summed E-state index contributed by atoms with van der Waals surface area (Å²) in [6.07, 6.45) is 0.690. The molecule has 4 heteroatoms. The van der Waals surface area contributed by atoms with E-state index in [9.17, 15) is 0 Å². The molecule has 0 aliphatic carbocycles. The van der Waals surface area contributed by atoms with E-state index in [-0.39, 0.29) is 6.10 Å². The predicted molar refractivity (Wildman–Crippen MR) is 112 cm³/mol. The van der Waals surface area contributed by atoms with Crippen LogP contribution in [0.15, 0.2) is 83.4 Å². The highest BCUT2D eigenvalue weighted by molar-refractivity contribution is 5.74. The Morgan fingerprint density at radius 1 is 0.862 bits per heavy atom. The van der Waals surface area contributed by atoms with Crippen molar-refractivity contribution in [3.8, 4) is 28.3 Å². The first-order chi connectivity index (χ1) is 14.3. The summed E-state index contributed by atoms with van der Waals surface area (Å²) in [7, 11) is 1.66. The number of methoxy groups -OCH3 is 1. The van der Waals surface area contributed by atoms with E-state index in [1.54, 1.807) is 7.11 Å². The molecule has 0 saturated carbocycles. The van der Waals surface area contributed by atoms with Crippen LogP contribution in [0.25, 0.3) is 22.6 Å². The van der Waals surface area contributed by atoms with Crippen LogP contribution in [0.4, 0.5) is 0 Å². The zero-order valence-corrected chi connectivity index (χ0v) is 16.2. The van der Waals surface area contributed by atoms with Gasteiger partial charge in [-0.2, -0.15) is 0 Å². The van der Waals surface area contributed by atoms with E-state index in [1.165, 1.54) is 11.1 Å². The number of benzene rings is 3. The number of aromatic nitrogens is 1. The first kappa shape index (κ1) is 17.7. The lowest BCUT2D eigenvalue weighted by atomic mass is 9.89. The van der Waals surface area contributed by atoms with Crippen LogP contribution in [-0.4, -0.2) is 18.9 Å². The molecule has 29 heavy (non-hydrogen) atoms. The van der Waals surface area contributed by atoms with Gasteiger partial charge in [0.25, 0.3) is 0 Å². The summed E-state index contributed by atoms with van der Waals surface area (Å²) in [6.45, 7) is 0.670. The lowest BCUT2D eigenvalue weighted by Crippen LogP contribution is -2.18. The molecule has 2 heterocycles. The lowest BCUT2D eigenvalue weighted by molar-refractivity contribution is 0.0702. The zero-order chi connectivity index (χ0) is 19.6. The van der Waals surface area contributed by atoms with Gasteiger partial charge < -0.3 is 14.0 Å². The Kier molecular flexibility index (Phi) is 4.62. The average molecular weight is 383 g/mol. The first-order valence-corrected chi connectivity index (χ1v) is 9.74. The third kappa shape index (κ3) is 3.22. The van der Waals surface area contributed by atoms with Crippen molar-refractivity contribution in [3.63, 3.8) is 0 Å². The molecule has 1 aliphatic heterocycles. The molecule has 0 spiro atoms. The van der Waals surface area contributed by atoms with Crippen molar-refractivity contribution in [1.29, 1.82) is 0 Å². The fourth-order valence-corrected chi connectivity index (χ4v) is 3.93. The minimum absolute atomic E-state index is 0.224. The van der Waals surface area contributed by atoms with E-state index in [1.807, 2.05) is 54.6 Å². The van der Waals surface area contributed by atoms with Crippen molar-refractivity contribution in [2.75, 3.05) is 13.7 Å². The fourth-order valence-electron chi connectivity index (χ4n) is 3.93. The number of hydrogen-bond donors (Lipinski definition) is 0. The molecule has 1 aliphatic rings. The standard InChI is InChI=1S/C25H21NO3/c1-27-20-13-11-19(12-14-20)24-22(23(26-29-24)18-8-3-2-4-9-18)25-21-10-6-5-7-17(21)15-16-28-25/h2-14,25H,15-16H2,1H3. The van der Waals surface area contributed by atoms with Crippen LogP contribution in [0.3, 0.4) is 0 Å². The van der Waals surface area contributed by atoms with Crippen molar-refractivity contribution in [3.05, 3.63) is 95.6 Å². The molecule has 0 amide bonds. The van der Waals surface area contributed by atoms with Crippen molar-refractivity contribution in [1.82, 2.24) is 5.16 Å². The van der Waals surface area contributed by atoms with Gasteiger partial charge in [-0.25, -0.2) is 0 Å². The molecule has 5 rings (SSSR count). The molecule has 4 aromatic rings. The highest BCUT2D eigenvalue weighted by Crippen LogP contribution is 2.43. The van der Waals surface area contributed by atoms with Gasteiger partial charge >= 0.3 is 0 Å². The van der Waals surface area contributed by atoms with Gasteiger partial charge in [0.1, 0.15) is 17.5 Å². The molecule has 1 atom stereocenters. The van der Waals surface area contributed by atoms with Crippen molar-refractivity contribution >= 4 is 0 Å². The van der Waals surface area contributed by atoms with Crippen LogP contribution >= 0.6 is 0 Å². The zero-order valence-electron chi connectivity index (χ0n) is 16.2. The SMILES string of the molecule is COc1ccc(-c2onc(-c3ccccc3)c2C2OCCc3ccccc32)cc1. The van der Waals surface area contributed by atoms with Crippen LogP contribution in [0.2, 0.25) is 0 Å². The summed E-state index contributed by atoms with van der Waals surface area (Å²) in [4.78, 5) is 0. The van der Waals surface area contributed by atoms with Crippen LogP contribution in [-0.2, 0) is 11.2 Å². The molecule has 144 valence electrons. The molecule has 0 N–H and O–H groups in total. The molecule has 1 unspecified atom stereocenters. The summed E-state index contributed by atoms with van der Waals surface area (Å²) in [5, 5.41) is 4.47. The van der Waals surface area contributed by atoms with Crippen molar-refractivity contribution < 1.29 is 14.0 Å². The number of fused-ring (bicyclic) bond motifs is 1. The summed E-state index contributed by atoms with van der Waals surface area (Å²) in [5.41, 5.74) is 6.23. The normalized spacial score (nSPS) is 15.7. The van der Waals surface area contributed by atoms with Gasteiger partial charge in [0.2, 0.25) is 0 Å². The van der Waals surface area contributed by atoms with Gasteiger partial charge in [-0.3, -0.25) is 0 Å². The van der Waals surface area contributed by atoms with E-state index in [0.29, 0.717) is 6.61 Å². The lowest BCUT2D eigenvalue weighted by Gasteiger charge is -2.26. The number of rotatable bonds is 4. The highest BCUT2D eigenvalue weighted by atomic mass is 16.5. The maximum atomic E-state index is 6.29. The second-order valence-electron chi connectivity index (χ2n) is 7.07. The van der Waals surface area contributed by atoms with E-state index in [4.69, 9.17) is 14.0 Å². The maximum Gasteiger partial charge on any atom is 0.173 e. The van der Waals surface area contributed by atoms with Gasteiger partial charge in [-0.05, 0) is 41.8 Å². The molecular formula is C25H21NO3. The Morgan fingerprint density at radius 2 is 1.62 bits per heavy atom. The van der Waals surface area contributed by atoms with Gasteiger partial charge in [0.15, 0.2) is 5.76 Å². The highest BCUT2D eigenvalue weighted by Gasteiger charge is 2.31. The molecule has 1 aromatic heterocycles. The minimum atomic E-state index is -0.224. The molecule has 0 radical (unpaired) electrons. The molecule has 4 nitrogen and oxygen atoms in total. The third-order valence-electron chi connectivity index (χ3n) is 5.38. The molecular weight excluding hydrogens is 362 g/mol. The number of nitrogens with zero attached hydrogens (tertiary/aromatic N) is 1. The minimum Gasteiger partial charge on any atom is -0.497 e. The second-order valence-corrected chi connectivity index (χ2v) is 7.07. The largest absolute Gasteiger partial charge is 0.497 e. The Morgan fingerprint density at radius 3 is 2.41 bits per heavy atom. The number of hydrogen-bond acceptors (Lipinski definition) is 4. The predicted octanol–water partition coefficient (Wildman–Crippen LogP) is 5.68.